The van der Waals surface area contributed by atoms with Gasteiger partial charge in [0, 0.05) is 69.1 Å². The van der Waals surface area contributed by atoms with Gasteiger partial charge in [0.15, 0.2) is 0 Å². The highest BCUT2D eigenvalue weighted by Crippen LogP contribution is 2.36. The van der Waals surface area contributed by atoms with E-state index in [1.165, 1.54) is 72.8 Å². The summed E-state index contributed by atoms with van der Waals surface area (Å²) in [4.78, 5) is 41.2. The number of ether oxygens (including phenoxy) is 4. The first kappa shape index (κ1) is 58.9. The topological polar surface area (TPSA) is 173 Å². The van der Waals surface area contributed by atoms with Crippen molar-refractivity contribution >= 4 is 57.2 Å². The van der Waals surface area contributed by atoms with Crippen molar-refractivity contribution in [2.45, 2.75) is 52.0 Å². The van der Waals surface area contributed by atoms with Crippen LogP contribution in [0.4, 0.5) is 26.3 Å². The predicted molar refractivity (Wildman–Crippen MR) is 308 cm³/mol. The van der Waals surface area contributed by atoms with Gasteiger partial charge in [-0.05, 0) is 108 Å². The van der Waals surface area contributed by atoms with Gasteiger partial charge in [0.2, 0.25) is 11.8 Å². The SMILES string of the molecule is C[C@H]1COC[C@H]1n1c(Cc2cc(F)c(-c3cccc(OCc4ccc(Cl)cc4F)n3)cc2F)nc2ccc(C(=O)O)cc21.C[C@H]1COC[C@H]1n1c(Cc2cc(F)c(-c3cccc(OCc4ccc(Cl)cc4F)n3)cc2F)nc2ccc(C(=O)O)cc21. The van der Waals surface area contributed by atoms with E-state index in [1.54, 1.807) is 36.4 Å². The van der Waals surface area contributed by atoms with Crippen LogP contribution < -0.4 is 9.47 Å². The average Bonchev–Trinajstić information content (AvgIpc) is 1.76. The molecule has 0 unspecified atom stereocenters. The molecule has 4 atom stereocenters. The lowest BCUT2D eigenvalue weighted by Crippen LogP contribution is -2.18. The second-order valence-electron chi connectivity index (χ2n) is 20.9. The van der Waals surface area contributed by atoms with Crippen LogP contribution in [0.3, 0.4) is 0 Å². The van der Waals surface area contributed by atoms with Crippen LogP contribution in [0.25, 0.3) is 44.6 Å². The van der Waals surface area contributed by atoms with Crippen molar-refractivity contribution in [3.63, 3.8) is 0 Å². The Bertz CT molecular complexity index is 3990. The molecule has 0 amide bonds. The lowest BCUT2D eigenvalue weighted by molar-refractivity contribution is 0.0686. The summed E-state index contributed by atoms with van der Waals surface area (Å²) < 4.78 is 117. The van der Waals surface area contributed by atoms with Gasteiger partial charge in [0.25, 0.3) is 0 Å². The molecule has 22 heteroatoms. The van der Waals surface area contributed by atoms with Gasteiger partial charge in [-0.1, -0.05) is 61.3 Å². The monoisotopic (exact) mass is 1210 g/mol. The van der Waals surface area contributed by atoms with E-state index in [-0.39, 0.29) is 128 Å². The summed E-state index contributed by atoms with van der Waals surface area (Å²) in [7, 11) is 0. The fraction of sp³-hybridized carbons (Fsp3) is 0.219. The minimum atomic E-state index is -1.07. The van der Waals surface area contributed by atoms with Crippen molar-refractivity contribution in [3.05, 3.63) is 223 Å². The van der Waals surface area contributed by atoms with Gasteiger partial charge >= 0.3 is 11.9 Å². The van der Waals surface area contributed by atoms with E-state index >= 15 is 17.6 Å². The van der Waals surface area contributed by atoms with Gasteiger partial charge in [0.1, 0.15) is 59.8 Å². The van der Waals surface area contributed by atoms with Crippen LogP contribution in [0.2, 0.25) is 10.0 Å². The molecule has 2 aliphatic rings. The molecule has 0 aliphatic carbocycles. The number of hydrogen-bond acceptors (Lipinski definition) is 10. The number of carboxylic acid groups (broad SMARTS) is 2. The van der Waals surface area contributed by atoms with Gasteiger partial charge in [0.05, 0.1) is 83.1 Å². The predicted octanol–water partition coefficient (Wildman–Crippen LogP) is 14.5. The van der Waals surface area contributed by atoms with E-state index in [9.17, 15) is 28.6 Å². The Kier molecular flexibility index (Phi) is 17.1. The first-order valence-corrected chi connectivity index (χ1v) is 27.8. The summed E-state index contributed by atoms with van der Waals surface area (Å²) >= 11 is 11.6. The van der Waals surface area contributed by atoms with Gasteiger partial charge in [-0.2, -0.15) is 0 Å². The number of hydrogen-bond donors (Lipinski definition) is 2. The van der Waals surface area contributed by atoms with Crippen molar-refractivity contribution in [1.29, 1.82) is 0 Å². The molecule has 0 spiro atoms. The fourth-order valence-electron chi connectivity index (χ4n) is 10.6. The minimum Gasteiger partial charge on any atom is -0.478 e. The van der Waals surface area contributed by atoms with Crippen molar-refractivity contribution in [1.82, 2.24) is 29.1 Å². The summed E-state index contributed by atoms with van der Waals surface area (Å²) in [5, 5.41) is 19.6. The number of rotatable bonds is 16. The number of carboxylic acids is 2. The molecule has 4 aromatic heterocycles. The van der Waals surface area contributed by atoms with Crippen LogP contribution in [-0.4, -0.2) is 77.6 Å². The summed E-state index contributed by atoms with van der Waals surface area (Å²) in [6.07, 6.45) is -0.0703. The number of imidazole rings is 2. The number of aromatic carboxylic acids is 2. The Hall–Kier alpha value is -8.82. The third-order valence-corrected chi connectivity index (χ3v) is 15.6. The molecular formula is C64H50Cl2F6N6O8. The Morgan fingerprint density at radius 3 is 1.28 bits per heavy atom. The molecule has 0 saturated carbocycles. The molecule has 2 aliphatic heterocycles. The number of carbonyl (C=O) groups is 2. The summed E-state index contributed by atoms with van der Waals surface area (Å²) in [6.45, 7) is 5.59. The lowest BCUT2D eigenvalue weighted by atomic mass is 10.0. The Morgan fingerprint density at radius 2 is 0.907 bits per heavy atom. The highest BCUT2D eigenvalue weighted by atomic mass is 35.5. The summed E-state index contributed by atoms with van der Waals surface area (Å²) in [5.41, 5.74) is 3.32. The van der Waals surface area contributed by atoms with Crippen LogP contribution in [0.1, 0.15) is 80.5 Å². The van der Waals surface area contributed by atoms with Crippen molar-refractivity contribution in [2.75, 3.05) is 26.4 Å². The molecule has 2 saturated heterocycles. The second-order valence-corrected chi connectivity index (χ2v) is 21.8. The molecule has 0 bridgehead atoms. The highest BCUT2D eigenvalue weighted by molar-refractivity contribution is 6.30. The largest absolute Gasteiger partial charge is 0.478 e. The fourth-order valence-corrected chi connectivity index (χ4v) is 10.9. The molecule has 2 N–H and O–H groups in total. The van der Waals surface area contributed by atoms with Crippen LogP contribution in [0, 0.1) is 46.7 Å². The zero-order valence-electron chi connectivity index (χ0n) is 45.7. The summed E-state index contributed by atoms with van der Waals surface area (Å²) in [6, 6.07) is 31.0. The van der Waals surface area contributed by atoms with Crippen LogP contribution >= 0.6 is 23.2 Å². The maximum absolute atomic E-state index is 15.5. The first-order valence-electron chi connectivity index (χ1n) is 27.0. The Balaban J connectivity index is 0.000000179. The van der Waals surface area contributed by atoms with E-state index in [4.69, 9.17) is 42.1 Å². The van der Waals surface area contributed by atoms with Crippen LogP contribution in [0.15, 0.2) is 133 Å². The number of halogens is 8. The summed E-state index contributed by atoms with van der Waals surface area (Å²) in [5.74, 6) is -4.56. The Labute approximate surface area is 497 Å². The van der Waals surface area contributed by atoms with E-state index in [0.29, 0.717) is 60.1 Å². The molecule has 2 fully saturated rings. The third-order valence-electron chi connectivity index (χ3n) is 15.1. The maximum atomic E-state index is 15.5. The van der Waals surface area contributed by atoms with Gasteiger partial charge in [-0.15, -0.1) is 0 Å². The minimum absolute atomic E-state index is 0.0351. The molecule has 14 nitrogen and oxygen atoms in total. The van der Waals surface area contributed by atoms with Crippen molar-refractivity contribution < 1.29 is 65.1 Å². The zero-order chi connectivity index (χ0) is 60.5. The molecule has 440 valence electrons. The zero-order valence-corrected chi connectivity index (χ0v) is 47.2. The molecular weight excluding hydrogens is 1170 g/mol. The number of aromatic nitrogens is 6. The molecule has 12 rings (SSSR count). The number of nitrogens with zero attached hydrogens (tertiary/aromatic N) is 6. The molecule has 6 aromatic carbocycles. The molecule has 0 radical (unpaired) electrons. The average molecular weight is 1220 g/mol. The molecule has 6 heterocycles. The van der Waals surface area contributed by atoms with Gasteiger partial charge in [-0.3, -0.25) is 0 Å². The first-order chi connectivity index (χ1) is 41.3. The van der Waals surface area contributed by atoms with Crippen molar-refractivity contribution in [2.24, 2.45) is 11.8 Å². The van der Waals surface area contributed by atoms with Gasteiger partial charge < -0.3 is 38.3 Å². The van der Waals surface area contributed by atoms with E-state index in [1.807, 2.05) is 23.0 Å². The second kappa shape index (κ2) is 25.0. The normalized spacial score (nSPS) is 16.6. The third kappa shape index (κ3) is 12.6. The number of fused-ring (bicyclic) bond motifs is 2. The Morgan fingerprint density at radius 1 is 0.500 bits per heavy atom. The highest BCUT2D eigenvalue weighted by Gasteiger charge is 2.32. The van der Waals surface area contributed by atoms with Gasteiger partial charge in [-0.25, -0.2) is 55.9 Å². The van der Waals surface area contributed by atoms with E-state index in [2.05, 4.69) is 19.9 Å². The van der Waals surface area contributed by atoms with Crippen LogP contribution in [-0.2, 0) is 35.5 Å². The number of benzene rings is 6. The van der Waals surface area contributed by atoms with E-state index < -0.39 is 46.8 Å². The number of pyridine rings is 2. The smallest absolute Gasteiger partial charge is 0.335 e. The standard InChI is InChI=1S/2C32H25ClF3N3O4/c2*1-17-14-42-16-29(17)39-28-10-18(32(40)41)6-8-27(28)37-30(39)11-20-9-25(36)22(13-24(20)35)26-3-2-4-31(38-26)43-15-19-5-7-21(33)12-23(19)34/h2*2-10,12-13,17,29H,11,14-16H2,1H3,(H,40,41)/t2*17-,29+/m00/s1. The maximum Gasteiger partial charge on any atom is 0.335 e. The van der Waals surface area contributed by atoms with Crippen LogP contribution in [0.5, 0.6) is 11.8 Å². The quantitative estimate of drug-likeness (QED) is 0.0878. The molecule has 10 aromatic rings. The van der Waals surface area contributed by atoms with Crippen molar-refractivity contribution in [3.8, 4) is 34.3 Å². The van der Waals surface area contributed by atoms with E-state index in [0.717, 1.165) is 24.3 Å². The lowest BCUT2D eigenvalue weighted by Gasteiger charge is -2.20. The molecule has 86 heavy (non-hydrogen) atoms.